The first-order valence-corrected chi connectivity index (χ1v) is 8.29. The van der Waals surface area contributed by atoms with E-state index in [1.54, 1.807) is 0 Å². The van der Waals surface area contributed by atoms with Crippen molar-refractivity contribution < 1.29 is 14.3 Å². The third kappa shape index (κ3) is 4.51. The van der Waals surface area contributed by atoms with Gasteiger partial charge in [0.05, 0.1) is 17.9 Å². The molecule has 0 saturated carbocycles. The van der Waals surface area contributed by atoms with Crippen molar-refractivity contribution in [1.29, 1.82) is 0 Å². The lowest BCUT2D eigenvalue weighted by atomic mass is 10.1. The van der Waals surface area contributed by atoms with Crippen molar-refractivity contribution >= 4 is 11.6 Å². The average Bonchev–Trinajstić information content (AvgIpc) is 2.56. The molecule has 1 amide bonds. The highest BCUT2D eigenvalue weighted by Gasteiger charge is 2.13. The van der Waals surface area contributed by atoms with Crippen LogP contribution in [0.25, 0.3) is 0 Å². The van der Waals surface area contributed by atoms with Gasteiger partial charge in [0, 0.05) is 6.42 Å². The molecule has 0 aromatic heterocycles. The van der Waals surface area contributed by atoms with Crippen molar-refractivity contribution in [2.45, 2.75) is 40.7 Å². The first-order valence-electron chi connectivity index (χ1n) is 8.29. The van der Waals surface area contributed by atoms with Crippen LogP contribution < -0.4 is 14.8 Å². The number of rotatable bonds is 7. The van der Waals surface area contributed by atoms with E-state index in [1.165, 1.54) is 5.56 Å². The molecule has 128 valence electrons. The predicted molar refractivity (Wildman–Crippen MR) is 96.8 cm³/mol. The molecule has 0 saturated heterocycles. The molecule has 0 fully saturated rings. The first-order chi connectivity index (χ1) is 11.5. The first kappa shape index (κ1) is 17.9. The van der Waals surface area contributed by atoms with E-state index in [0.717, 1.165) is 28.3 Å². The summed E-state index contributed by atoms with van der Waals surface area (Å²) >= 11 is 0. The minimum absolute atomic E-state index is 0.0311. The van der Waals surface area contributed by atoms with E-state index in [4.69, 9.17) is 9.47 Å². The zero-order chi connectivity index (χ0) is 17.5. The molecule has 24 heavy (non-hydrogen) atoms. The molecule has 2 aromatic rings. The molecule has 2 rings (SSSR count). The molecule has 0 atom stereocenters. The Morgan fingerprint density at radius 3 is 2.50 bits per heavy atom. The number of carbonyl (C=O) groups excluding carboxylic acids is 1. The number of anilines is 1. The van der Waals surface area contributed by atoms with Crippen LogP contribution in [0.4, 0.5) is 5.69 Å². The summed E-state index contributed by atoms with van der Waals surface area (Å²) in [5, 5.41) is 2.92. The van der Waals surface area contributed by atoms with Crippen molar-refractivity contribution in [2.24, 2.45) is 0 Å². The number of aryl methyl sites for hydroxylation is 2. The highest BCUT2D eigenvalue weighted by atomic mass is 16.5. The van der Waals surface area contributed by atoms with Crippen molar-refractivity contribution in [3.8, 4) is 11.5 Å². The lowest BCUT2D eigenvalue weighted by molar-refractivity contribution is -0.115. The minimum Gasteiger partial charge on any atom is -0.493 e. The third-order valence-corrected chi connectivity index (χ3v) is 3.73. The molecular weight excluding hydrogens is 302 g/mol. The van der Waals surface area contributed by atoms with Gasteiger partial charge in [-0.25, -0.2) is 0 Å². The lowest BCUT2D eigenvalue weighted by Gasteiger charge is -2.17. The van der Waals surface area contributed by atoms with Gasteiger partial charge in [-0.1, -0.05) is 30.7 Å². The van der Waals surface area contributed by atoms with Gasteiger partial charge in [-0.15, -0.1) is 0 Å². The zero-order valence-corrected chi connectivity index (χ0v) is 14.8. The van der Waals surface area contributed by atoms with Gasteiger partial charge in [0.15, 0.2) is 0 Å². The van der Waals surface area contributed by atoms with Crippen LogP contribution in [0.15, 0.2) is 36.4 Å². The highest BCUT2D eigenvalue weighted by molar-refractivity contribution is 5.91. The van der Waals surface area contributed by atoms with E-state index >= 15 is 0 Å². The molecule has 0 unspecified atom stereocenters. The van der Waals surface area contributed by atoms with Crippen LogP contribution >= 0.6 is 0 Å². The summed E-state index contributed by atoms with van der Waals surface area (Å²) in [5.41, 5.74) is 3.87. The SMILES string of the molecule is CCOc1cccc(NC(=O)CC)c1COc1ccc(C)cc1C. The molecule has 0 heterocycles. The Balaban J connectivity index is 2.26. The summed E-state index contributed by atoms with van der Waals surface area (Å²) in [7, 11) is 0. The summed E-state index contributed by atoms with van der Waals surface area (Å²) in [4.78, 5) is 11.8. The van der Waals surface area contributed by atoms with Crippen molar-refractivity contribution in [3.63, 3.8) is 0 Å². The standard InChI is InChI=1S/C20H25NO3/c1-5-20(22)21-17-8-7-9-19(23-6-2)16(17)13-24-18-11-10-14(3)12-15(18)4/h7-12H,5-6,13H2,1-4H3,(H,21,22). The summed E-state index contributed by atoms with van der Waals surface area (Å²) < 4.78 is 11.7. The normalized spacial score (nSPS) is 10.3. The van der Waals surface area contributed by atoms with Gasteiger partial charge >= 0.3 is 0 Å². The smallest absolute Gasteiger partial charge is 0.224 e. The molecule has 0 aliphatic rings. The molecule has 1 N–H and O–H groups in total. The average molecular weight is 327 g/mol. The van der Waals surface area contributed by atoms with Crippen LogP contribution in [-0.2, 0) is 11.4 Å². The second-order valence-electron chi connectivity index (χ2n) is 5.67. The Morgan fingerprint density at radius 2 is 1.83 bits per heavy atom. The van der Waals surface area contributed by atoms with Gasteiger partial charge in [-0.2, -0.15) is 0 Å². The second kappa shape index (κ2) is 8.39. The van der Waals surface area contributed by atoms with Gasteiger partial charge in [0.2, 0.25) is 5.91 Å². The molecule has 2 aromatic carbocycles. The molecule has 0 bridgehead atoms. The van der Waals surface area contributed by atoms with Gasteiger partial charge in [-0.05, 0) is 44.5 Å². The fourth-order valence-electron chi connectivity index (χ4n) is 2.47. The Kier molecular flexibility index (Phi) is 6.24. The number of hydrogen-bond donors (Lipinski definition) is 1. The van der Waals surface area contributed by atoms with Gasteiger partial charge < -0.3 is 14.8 Å². The number of benzene rings is 2. The van der Waals surface area contributed by atoms with E-state index in [9.17, 15) is 4.79 Å². The van der Waals surface area contributed by atoms with Crippen molar-refractivity contribution in [2.75, 3.05) is 11.9 Å². The number of nitrogens with one attached hydrogen (secondary N) is 1. The fourth-order valence-corrected chi connectivity index (χ4v) is 2.47. The maximum absolute atomic E-state index is 11.8. The number of ether oxygens (including phenoxy) is 2. The zero-order valence-electron chi connectivity index (χ0n) is 14.8. The monoisotopic (exact) mass is 327 g/mol. The number of carbonyl (C=O) groups is 1. The van der Waals surface area contributed by atoms with Gasteiger partial charge in [0.25, 0.3) is 0 Å². The fraction of sp³-hybridized carbons (Fsp3) is 0.350. The molecule has 0 radical (unpaired) electrons. The maximum Gasteiger partial charge on any atom is 0.224 e. The predicted octanol–water partition coefficient (Wildman–Crippen LogP) is 4.63. The van der Waals surface area contributed by atoms with Crippen LogP contribution in [0.3, 0.4) is 0 Å². The molecular formula is C20H25NO3. The van der Waals surface area contributed by atoms with Crippen LogP contribution in [0.1, 0.15) is 37.0 Å². The number of hydrogen-bond acceptors (Lipinski definition) is 3. The van der Waals surface area contributed by atoms with Crippen LogP contribution in [0.2, 0.25) is 0 Å². The van der Waals surface area contributed by atoms with E-state index in [-0.39, 0.29) is 5.91 Å². The van der Waals surface area contributed by atoms with Gasteiger partial charge in [-0.3, -0.25) is 4.79 Å². The van der Waals surface area contributed by atoms with Crippen molar-refractivity contribution in [1.82, 2.24) is 0 Å². The van der Waals surface area contributed by atoms with E-state index in [2.05, 4.69) is 18.3 Å². The topological polar surface area (TPSA) is 47.6 Å². The summed E-state index contributed by atoms with van der Waals surface area (Å²) in [6.07, 6.45) is 0.427. The molecule has 0 spiro atoms. The highest BCUT2D eigenvalue weighted by Crippen LogP contribution is 2.29. The molecule has 0 aliphatic heterocycles. The summed E-state index contributed by atoms with van der Waals surface area (Å²) in [5.74, 6) is 1.53. The third-order valence-electron chi connectivity index (χ3n) is 3.73. The van der Waals surface area contributed by atoms with Crippen molar-refractivity contribution in [3.05, 3.63) is 53.1 Å². The molecule has 4 heteroatoms. The quantitative estimate of drug-likeness (QED) is 0.806. The van der Waals surface area contributed by atoms with E-state index in [1.807, 2.05) is 51.1 Å². The summed E-state index contributed by atoms with van der Waals surface area (Å²) in [6, 6.07) is 11.7. The van der Waals surface area contributed by atoms with Crippen LogP contribution in [-0.4, -0.2) is 12.5 Å². The Labute approximate surface area is 143 Å². The Hall–Kier alpha value is -2.49. The summed E-state index contributed by atoms with van der Waals surface area (Å²) in [6.45, 7) is 8.73. The van der Waals surface area contributed by atoms with E-state index < -0.39 is 0 Å². The number of amides is 1. The minimum atomic E-state index is -0.0311. The van der Waals surface area contributed by atoms with Gasteiger partial charge in [0.1, 0.15) is 18.1 Å². The maximum atomic E-state index is 11.8. The molecule has 0 aliphatic carbocycles. The van der Waals surface area contributed by atoms with Crippen LogP contribution in [0.5, 0.6) is 11.5 Å². The lowest BCUT2D eigenvalue weighted by Crippen LogP contribution is -2.13. The molecule has 4 nitrogen and oxygen atoms in total. The largest absolute Gasteiger partial charge is 0.493 e. The van der Waals surface area contributed by atoms with E-state index in [0.29, 0.717) is 19.6 Å². The Morgan fingerprint density at radius 1 is 1.04 bits per heavy atom. The second-order valence-corrected chi connectivity index (χ2v) is 5.67. The Bertz CT molecular complexity index is 710. The van der Waals surface area contributed by atoms with Crippen LogP contribution in [0, 0.1) is 13.8 Å².